The summed E-state index contributed by atoms with van der Waals surface area (Å²) in [5.74, 6) is 0.986. The van der Waals surface area contributed by atoms with Gasteiger partial charge in [-0.3, -0.25) is 4.40 Å². The quantitative estimate of drug-likeness (QED) is 0.560. The van der Waals surface area contributed by atoms with Gasteiger partial charge in [0.15, 0.2) is 5.82 Å². The van der Waals surface area contributed by atoms with Gasteiger partial charge in [0, 0.05) is 6.20 Å². The average molecular weight is 313 g/mol. The Morgan fingerprint density at radius 2 is 1.86 bits per heavy atom. The van der Waals surface area contributed by atoms with Gasteiger partial charge in [0.05, 0.1) is 16.4 Å². The minimum atomic E-state index is 0.254. The number of pyridine rings is 1. The summed E-state index contributed by atoms with van der Waals surface area (Å²) >= 11 is 6.10. The number of azo groups is 1. The van der Waals surface area contributed by atoms with Crippen molar-refractivity contribution in [2.75, 3.05) is 0 Å². The number of aromatic nitrogens is 2. The van der Waals surface area contributed by atoms with Crippen LogP contribution in [0.1, 0.15) is 31.0 Å². The number of nitrogens with zero attached hydrogens (tertiary/aromatic N) is 4. The van der Waals surface area contributed by atoms with Crippen LogP contribution in [0.2, 0.25) is 5.02 Å². The number of hydrogen-bond acceptors (Lipinski definition) is 3. The van der Waals surface area contributed by atoms with E-state index in [4.69, 9.17) is 11.6 Å². The summed E-state index contributed by atoms with van der Waals surface area (Å²) in [7, 11) is 0. The first kappa shape index (κ1) is 14.7. The average Bonchev–Trinajstić information content (AvgIpc) is 2.84. The van der Waals surface area contributed by atoms with Crippen LogP contribution in [0.25, 0.3) is 5.65 Å². The molecule has 5 heteroatoms. The third-order valence-electron chi connectivity index (χ3n) is 3.50. The number of benzene rings is 1. The van der Waals surface area contributed by atoms with E-state index in [0.717, 1.165) is 28.4 Å². The Kier molecular flexibility index (Phi) is 3.94. The van der Waals surface area contributed by atoms with E-state index in [1.165, 1.54) is 0 Å². The molecule has 3 aromatic rings. The summed E-state index contributed by atoms with van der Waals surface area (Å²) in [5.41, 5.74) is 3.69. The molecule has 0 N–H and O–H groups in total. The monoisotopic (exact) mass is 312 g/mol. The number of fused-ring (bicyclic) bond motifs is 1. The molecule has 0 unspecified atom stereocenters. The van der Waals surface area contributed by atoms with E-state index in [0.29, 0.717) is 5.02 Å². The minimum Gasteiger partial charge on any atom is -0.281 e. The third-order valence-corrected chi connectivity index (χ3v) is 3.72. The maximum Gasteiger partial charge on any atom is 0.183 e. The summed E-state index contributed by atoms with van der Waals surface area (Å²) < 4.78 is 1.89. The van der Waals surface area contributed by atoms with Crippen LogP contribution in [0.5, 0.6) is 0 Å². The van der Waals surface area contributed by atoms with E-state index in [2.05, 4.69) is 29.1 Å². The molecule has 0 amide bonds. The Morgan fingerprint density at radius 1 is 1.09 bits per heavy atom. The lowest BCUT2D eigenvalue weighted by Gasteiger charge is -2.02. The van der Waals surface area contributed by atoms with Gasteiger partial charge in [0.2, 0.25) is 0 Å². The molecule has 2 aromatic heterocycles. The highest BCUT2D eigenvalue weighted by atomic mass is 35.5. The van der Waals surface area contributed by atoms with Gasteiger partial charge in [-0.25, -0.2) is 4.98 Å². The van der Waals surface area contributed by atoms with Gasteiger partial charge in [-0.15, -0.1) is 10.2 Å². The lowest BCUT2D eigenvalue weighted by Crippen LogP contribution is -1.87. The number of rotatable bonds is 3. The molecule has 4 nitrogen and oxygen atoms in total. The van der Waals surface area contributed by atoms with Gasteiger partial charge >= 0.3 is 0 Å². The van der Waals surface area contributed by atoms with Crippen LogP contribution in [-0.2, 0) is 0 Å². The molecule has 0 bridgehead atoms. The maximum atomic E-state index is 6.10. The highest BCUT2D eigenvalue weighted by molar-refractivity contribution is 6.30. The molecule has 2 heterocycles. The molecular formula is C17H17ClN4. The van der Waals surface area contributed by atoms with Crippen molar-refractivity contribution >= 4 is 28.8 Å². The van der Waals surface area contributed by atoms with Crippen LogP contribution in [0.3, 0.4) is 0 Å². The fourth-order valence-electron chi connectivity index (χ4n) is 2.29. The third kappa shape index (κ3) is 2.74. The second-order valence-electron chi connectivity index (χ2n) is 5.54. The van der Waals surface area contributed by atoms with Crippen molar-refractivity contribution in [3.05, 3.63) is 58.9 Å². The SMILES string of the molecule is Cc1ccccc1N=Nc1c(C(C)C)nc2ccc(Cl)cn12. The first-order valence-electron chi connectivity index (χ1n) is 7.21. The van der Waals surface area contributed by atoms with E-state index >= 15 is 0 Å². The van der Waals surface area contributed by atoms with Crippen molar-refractivity contribution in [2.45, 2.75) is 26.7 Å². The normalized spacial score (nSPS) is 11.9. The van der Waals surface area contributed by atoms with Gasteiger partial charge in [0.1, 0.15) is 5.65 Å². The largest absolute Gasteiger partial charge is 0.281 e. The number of halogens is 1. The van der Waals surface area contributed by atoms with Crippen LogP contribution >= 0.6 is 11.6 Å². The van der Waals surface area contributed by atoms with Gasteiger partial charge in [-0.05, 0) is 36.6 Å². The first-order chi connectivity index (χ1) is 10.6. The fourth-order valence-corrected chi connectivity index (χ4v) is 2.45. The zero-order chi connectivity index (χ0) is 15.7. The minimum absolute atomic E-state index is 0.254. The van der Waals surface area contributed by atoms with E-state index in [1.54, 1.807) is 0 Å². The second kappa shape index (κ2) is 5.89. The van der Waals surface area contributed by atoms with E-state index in [-0.39, 0.29) is 5.92 Å². The number of aryl methyl sites for hydroxylation is 1. The molecule has 112 valence electrons. The molecule has 0 aliphatic heterocycles. The smallest absolute Gasteiger partial charge is 0.183 e. The van der Waals surface area contributed by atoms with Crippen molar-refractivity contribution < 1.29 is 0 Å². The molecule has 0 spiro atoms. The topological polar surface area (TPSA) is 42.0 Å². The highest BCUT2D eigenvalue weighted by Crippen LogP contribution is 2.30. The van der Waals surface area contributed by atoms with Crippen molar-refractivity contribution in [3.63, 3.8) is 0 Å². The maximum absolute atomic E-state index is 6.10. The molecule has 0 aliphatic carbocycles. The molecule has 0 saturated carbocycles. The Hall–Kier alpha value is -2.20. The molecule has 0 radical (unpaired) electrons. The van der Waals surface area contributed by atoms with Crippen LogP contribution < -0.4 is 0 Å². The predicted octanol–water partition coefficient (Wildman–Crippen LogP) is 5.83. The molecular weight excluding hydrogens is 296 g/mol. The number of hydrogen-bond donors (Lipinski definition) is 0. The van der Waals surface area contributed by atoms with Crippen molar-refractivity contribution in [1.82, 2.24) is 9.38 Å². The molecule has 3 rings (SSSR count). The van der Waals surface area contributed by atoms with Gasteiger partial charge in [0.25, 0.3) is 0 Å². The molecule has 1 aromatic carbocycles. The zero-order valence-corrected chi connectivity index (χ0v) is 13.5. The van der Waals surface area contributed by atoms with Crippen LogP contribution in [0.4, 0.5) is 11.5 Å². The summed E-state index contributed by atoms with van der Waals surface area (Å²) in [4.78, 5) is 4.64. The Labute approximate surface area is 134 Å². The van der Waals surface area contributed by atoms with E-state index in [1.807, 2.05) is 53.9 Å². The second-order valence-corrected chi connectivity index (χ2v) is 5.97. The van der Waals surface area contributed by atoms with E-state index in [9.17, 15) is 0 Å². The lowest BCUT2D eigenvalue weighted by molar-refractivity contribution is 0.831. The highest BCUT2D eigenvalue weighted by Gasteiger charge is 2.15. The van der Waals surface area contributed by atoms with Crippen molar-refractivity contribution in [1.29, 1.82) is 0 Å². The Bertz CT molecular complexity index is 849. The fraction of sp³-hybridized carbons (Fsp3) is 0.235. The van der Waals surface area contributed by atoms with Gasteiger partial charge in [-0.1, -0.05) is 43.6 Å². The predicted molar refractivity (Wildman–Crippen MR) is 89.6 cm³/mol. The zero-order valence-electron chi connectivity index (χ0n) is 12.8. The summed E-state index contributed by atoms with van der Waals surface area (Å²) in [5, 5.41) is 9.49. The van der Waals surface area contributed by atoms with Gasteiger partial charge in [-0.2, -0.15) is 0 Å². The first-order valence-corrected chi connectivity index (χ1v) is 7.59. The summed E-state index contributed by atoms with van der Waals surface area (Å²) in [6.07, 6.45) is 1.82. The molecule has 0 atom stereocenters. The molecule has 22 heavy (non-hydrogen) atoms. The van der Waals surface area contributed by atoms with Crippen molar-refractivity contribution in [3.8, 4) is 0 Å². The van der Waals surface area contributed by atoms with Crippen LogP contribution in [-0.4, -0.2) is 9.38 Å². The lowest BCUT2D eigenvalue weighted by atomic mass is 10.1. The molecule has 0 fully saturated rings. The number of imidazole rings is 1. The summed E-state index contributed by atoms with van der Waals surface area (Å²) in [6, 6.07) is 11.6. The summed E-state index contributed by atoms with van der Waals surface area (Å²) in [6.45, 7) is 6.20. The molecule has 0 aliphatic rings. The Morgan fingerprint density at radius 3 is 2.59 bits per heavy atom. The van der Waals surface area contributed by atoms with Gasteiger partial charge < -0.3 is 0 Å². The standard InChI is InChI=1S/C17H17ClN4/c1-11(2)16-17(21-20-14-7-5-4-6-12(14)3)22-10-13(18)8-9-15(22)19-16/h4-11H,1-3H3. The van der Waals surface area contributed by atoms with Crippen LogP contribution in [0, 0.1) is 6.92 Å². The van der Waals surface area contributed by atoms with Crippen molar-refractivity contribution in [2.24, 2.45) is 10.2 Å². The van der Waals surface area contributed by atoms with Crippen LogP contribution in [0.15, 0.2) is 52.8 Å². The molecule has 0 saturated heterocycles. The Balaban J connectivity index is 2.14. The van der Waals surface area contributed by atoms with E-state index < -0.39 is 0 Å².